The van der Waals surface area contributed by atoms with Gasteiger partial charge in [0.15, 0.2) is 0 Å². The molecule has 1 unspecified atom stereocenters. The van der Waals surface area contributed by atoms with E-state index in [2.05, 4.69) is 23.7 Å². The van der Waals surface area contributed by atoms with Crippen molar-refractivity contribution < 1.29 is 20.1 Å². The van der Waals surface area contributed by atoms with E-state index in [9.17, 15) is 4.79 Å². The average molecular weight is 258 g/mol. The lowest BCUT2D eigenvalue weighted by molar-refractivity contribution is -0.138. The number of carboxylic acids is 1. The summed E-state index contributed by atoms with van der Waals surface area (Å²) in [5, 5.41) is 26.4. The van der Waals surface area contributed by atoms with Crippen LogP contribution in [0.25, 0.3) is 0 Å². The normalized spacial score (nSPS) is 10.7. The molecule has 1 aromatic carbocycles. The van der Waals surface area contributed by atoms with Crippen LogP contribution >= 0.6 is 0 Å². The lowest BCUT2D eigenvalue weighted by Gasteiger charge is -2.08. The van der Waals surface area contributed by atoms with Crippen molar-refractivity contribution in [1.29, 1.82) is 0 Å². The third-order valence-electron chi connectivity index (χ3n) is 2.45. The second kappa shape index (κ2) is 7.23. The van der Waals surface area contributed by atoms with Crippen molar-refractivity contribution in [2.45, 2.75) is 12.8 Å². The summed E-state index contributed by atoms with van der Waals surface area (Å²) in [4.78, 5) is 11.0. The van der Waals surface area contributed by atoms with Gasteiger partial charge in [-0.1, -0.05) is 23.7 Å². The fourth-order valence-electron chi connectivity index (χ4n) is 1.47. The van der Waals surface area contributed by atoms with Crippen molar-refractivity contribution in [2.24, 2.45) is 0 Å². The third kappa shape index (κ3) is 4.48. The molecule has 0 fully saturated rings. The molecule has 1 atom stereocenters. The number of hydrogen-bond donors (Lipinski definition) is 3. The fourth-order valence-corrected chi connectivity index (χ4v) is 1.47. The van der Waals surface area contributed by atoms with Gasteiger partial charge < -0.3 is 15.3 Å². The van der Waals surface area contributed by atoms with E-state index < -0.39 is 11.9 Å². The smallest absolute Gasteiger partial charge is 0.310 e. The van der Waals surface area contributed by atoms with Crippen LogP contribution in [-0.2, 0) is 4.79 Å². The van der Waals surface area contributed by atoms with Crippen LogP contribution in [0.5, 0.6) is 0 Å². The average Bonchev–Trinajstić information content (AvgIpc) is 2.41. The standard InChI is InChI=1S/C15H14O4/c1-11(15(18)19)14-9-12(4-2-6-16)8-13(10-14)5-3-7-17/h8-11,16-17H,6-7H2,1H3,(H,18,19). The number of aliphatic hydroxyl groups excluding tert-OH is 2. The Balaban J connectivity index is 3.27. The van der Waals surface area contributed by atoms with Crippen LogP contribution in [0.2, 0.25) is 0 Å². The van der Waals surface area contributed by atoms with Gasteiger partial charge in [-0.2, -0.15) is 0 Å². The maximum absolute atomic E-state index is 11.0. The first-order valence-corrected chi connectivity index (χ1v) is 5.65. The van der Waals surface area contributed by atoms with Gasteiger partial charge in [0.2, 0.25) is 0 Å². The summed E-state index contributed by atoms with van der Waals surface area (Å²) in [5.41, 5.74) is 1.75. The molecule has 0 aliphatic heterocycles. The molecule has 0 saturated heterocycles. The van der Waals surface area contributed by atoms with E-state index in [0.29, 0.717) is 16.7 Å². The van der Waals surface area contributed by atoms with Gasteiger partial charge in [-0.15, -0.1) is 0 Å². The maximum atomic E-state index is 11.0. The highest BCUT2D eigenvalue weighted by Gasteiger charge is 2.14. The van der Waals surface area contributed by atoms with Crippen LogP contribution in [0.4, 0.5) is 0 Å². The molecule has 0 aliphatic rings. The number of benzene rings is 1. The Kier molecular flexibility index (Phi) is 5.63. The molecule has 1 aromatic rings. The van der Waals surface area contributed by atoms with Gasteiger partial charge in [-0.05, 0) is 30.7 Å². The monoisotopic (exact) mass is 258 g/mol. The van der Waals surface area contributed by atoms with Gasteiger partial charge in [0.1, 0.15) is 13.2 Å². The zero-order valence-electron chi connectivity index (χ0n) is 10.5. The quantitative estimate of drug-likeness (QED) is 0.677. The van der Waals surface area contributed by atoms with E-state index in [-0.39, 0.29) is 13.2 Å². The number of rotatable bonds is 2. The van der Waals surface area contributed by atoms with Gasteiger partial charge in [0.25, 0.3) is 0 Å². The maximum Gasteiger partial charge on any atom is 0.310 e. The Hall–Kier alpha value is -2.27. The number of aliphatic hydroxyl groups is 2. The Morgan fingerprint density at radius 2 is 1.58 bits per heavy atom. The zero-order valence-corrected chi connectivity index (χ0v) is 10.5. The Labute approximate surface area is 111 Å². The molecule has 0 saturated carbocycles. The van der Waals surface area contributed by atoms with E-state index in [4.69, 9.17) is 15.3 Å². The predicted molar refractivity (Wildman–Crippen MR) is 70.4 cm³/mol. The second-order valence-electron chi connectivity index (χ2n) is 3.82. The SMILES string of the molecule is CC(C(=O)O)c1cc(C#CCO)cc(C#CCO)c1. The molecule has 0 radical (unpaired) electrons. The second-order valence-corrected chi connectivity index (χ2v) is 3.82. The van der Waals surface area contributed by atoms with E-state index in [1.807, 2.05) is 0 Å². The molecule has 0 heterocycles. The Morgan fingerprint density at radius 1 is 1.11 bits per heavy atom. The molecule has 98 valence electrons. The molecule has 3 N–H and O–H groups in total. The summed E-state index contributed by atoms with van der Waals surface area (Å²) >= 11 is 0. The number of carboxylic acid groups (broad SMARTS) is 1. The van der Waals surface area contributed by atoms with Gasteiger partial charge in [0.05, 0.1) is 5.92 Å². The van der Waals surface area contributed by atoms with E-state index >= 15 is 0 Å². The molecule has 19 heavy (non-hydrogen) atoms. The van der Waals surface area contributed by atoms with Crippen LogP contribution in [0, 0.1) is 23.7 Å². The van der Waals surface area contributed by atoms with Crippen molar-refractivity contribution in [3.05, 3.63) is 34.9 Å². The summed E-state index contributed by atoms with van der Waals surface area (Å²) in [6, 6.07) is 5.00. The van der Waals surface area contributed by atoms with Crippen LogP contribution in [0.3, 0.4) is 0 Å². The van der Waals surface area contributed by atoms with Crippen molar-refractivity contribution in [3.63, 3.8) is 0 Å². The van der Waals surface area contributed by atoms with Crippen LogP contribution in [-0.4, -0.2) is 34.5 Å². The highest BCUT2D eigenvalue weighted by atomic mass is 16.4. The first kappa shape index (κ1) is 14.8. The largest absolute Gasteiger partial charge is 0.481 e. The number of hydrogen-bond acceptors (Lipinski definition) is 3. The topological polar surface area (TPSA) is 77.8 Å². The Morgan fingerprint density at radius 3 is 1.95 bits per heavy atom. The molecule has 4 heteroatoms. The lowest BCUT2D eigenvalue weighted by Crippen LogP contribution is -2.07. The molecule has 0 aromatic heterocycles. The lowest BCUT2D eigenvalue weighted by atomic mass is 9.96. The molecular weight excluding hydrogens is 244 g/mol. The minimum absolute atomic E-state index is 0.267. The zero-order chi connectivity index (χ0) is 14.3. The molecule has 1 rings (SSSR count). The summed E-state index contributed by atoms with van der Waals surface area (Å²) in [6.45, 7) is 1.04. The van der Waals surface area contributed by atoms with Crippen LogP contribution < -0.4 is 0 Å². The van der Waals surface area contributed by atoms with Gasteiger partial charge in [-0.25, -0.2) is 0 Å². The molecule has 0 amide bonds. The molecule has 0 bridgehead atoms. The minimum atomic E-state index is -0.937. The van der Waals surface area contributed by atoms with E-state index in [1.54, 1.807) is 25.1 Å². The first-order chi connectivity index (χ1) is 9.08. The fraction of sp³-hybridized carbons (Fsp3) is 0.267. The minimum Gasteiger partial charge on any atom is -0.481 e. The van der Waals surface area contributed by atoms with E-state index in [0.717, 1.165) is 0 Å². The van der Waals surface area contributed by atoms with Gasteiger partial charge >= 0.3 is 5.97 Å². The van der Waals surface area contributed by atoms with Crippen LogP contribution in [0.1, 0.15) is 29.5 Å². The Bertz CT molecular complexity index is 541. The highest BCUT2D eigenvalue weighted by Crippen LogP contribution is 2.19. The van der Waals surface area contributed by atoms with E-state index in [1.165, 1.54) is 0 Å². The summed E-state index contributed by atoms with van der Waals surface area (Å²) in [6.07, 6.45) is 0. The summed E-state index contributed by atoms with van der Waals surface area (Å²) in [5.74, 6) is 8.84. The van der Waals surface area contributed by atoms with Gasteiger partial charge in [-0.3, -0.25) is 4.79 Å². The molecule has 0 spiro atoms. The number of aliphatic carboxylic acids is 1. The molecule has 0 aliphatic carbocycles. The summed E-state index contributed by atoms with van der Waals surface area (Å²) < 4.78 is 0. The summed E-state index contributed by atoms with van der Waals surface area (Å²) in [7, 11) is 0. The molecular formula is C15H14O4. The molecule has 4 nitrogen and oxygen atoms in total. The highest BCUT2D eigenvalue weighted by molar-refractivity contribution is 5.76. The van der Waals surface area contributed by atoms with Crippen molar-refractivity contribution >= 4 is 5.97 Å². The van der Waals surface area contributed by atoms with Crippen molar-refractivity contribution in [1.82, 2.24) is 0 Å². The first-order valence-electron chi connectivity index (χ1n) is 5.65. The number of carbonyl (C=O) groups is 1. The van der Waals surface area contributed by atoms with Crippen molar-refractivity contribution in [3.8, 4) is 23.7 Å². The van der Waals surface area contributed by atoms with Crippen LogP contribution in [0.15, 0.2) is 18.2 Å². The third-order valence-corrected chi connectivity index (χ3v) is 2.45. The van der Waals surface area contributed by atoms with Gasteiger partial charge in [0, 0.05) is 11.1 Å². The van der Waals surface area contributed by atoms with Crippen molar-refractivity contribution in [2.75, 3.05) is 13.2 Å². The predicted octanol–water partition coefficient (Wildman–Crippen LogP) is 0.562.